The van der Waals surface area contributed by atoms with E-state index in [1.165, 1.54) is 37.6 Å². The van der Waals surface area contributed by atoms with Crippen LogP contribution in [-0.4, -0.2) is 25.4 Å². The number of rotatable bonds is 2. The van der Waals surface area contributed by atoms with Gasteiger partial charge in [0.15, 0.2) is 0 Å². The Hall–Kier alpha value is -2.48. The molecule has 26 heavy (non-hydrogen) atoms. The molecule has 1 aromatic carbocycles. The summed E-state index contributed by atoms with van der Waals surface area (Å²) in [7, 11) is 3.37. The highest BCUT2D eigenvalue weighted by Crippen LogP contribution is 2.23. The number of fused-ring (bicyclic) bond motifs is 1. The average Bonchev–Trinajstić information content (AvgIpc) is 3.01. The van der Waals surface area contributed by atoms with Crippen LogP contribution in [0.1, 0.15) is 32.1 Å². The lowest BCUT2D eigenvalue weighted by atomic mass is 9.96. The molecule has 0 unspecified atom stereocenters. The van der Waals surface area contributed by atoms with E-state index in [9.17, 15) is 9.59 Å². The van der Waals surface area contributed by atoms with Gasteiger partial charge in [0.05, 0.1) is 16.9 Å². The smallest absolute Gasteiger partial charge is 0.307 e. The molecule has 1 N–H and O–H groups in total. The molecule has 2 aromatic heterocycles. The van der Waals surface area contributed by atoms with E-state index >= 15 is 0 Å². The first-order chi connectivity index (χ1) is 12.5. The Balaban J connectivity index is 1.77. The fourth-order valence-electron chi connectivity index (χ4n) is 3.38. The van der Waals surface area contributed by atoms with Crippen LogP contribution in [0, 0.1) is 0 Å². The van der Waals surface area contributed by atoms with Crippen molar-refractivity contribution in [2.24, 2.45) is 19.1 Å². The van der Waals surface area contributed by atoms with E-state index in [-0.39, 0.29) is 5.56 Å². The average molecular weight is 371 g/mol. The summed E-state index contributed by atoms with van der Waals surface area (Å²) < 4.78 is 2.89. The van der Waals surface area contributed by atoms with Gasteiger partial charge in [-0.25, -0.2) is 9.48 Å². The largest absolute Gasteiger partial charge is 0.328 e. The third kappa shape index (κ3) is 3.05. The van der Waals surface area contributed by atoms with E-state index in [0.717, 1.165) is 32.8 Å². The first-order valence-corrected chi connectivity index (χ1v) is 9.66. The van der Waals surface area contributed by atoms with Gasteiger partial charge >= 0.3 is 5.69 Å². The van der Waals surface area contributed by atoms with Crippen LogP contribution < -0.4 is 16.1 Å². The number of H-pyrrole nitrogens is 1. The van der Waals surface area contributed by atoms with Crippen molar-refractivity contribution in [2.75, 3.05) is 0 Å². The van der Waals surface area contributed by atoms with E-state index in [1.54, 1.807) is 12.1 Å². The van der Waals surface area contributed by atoms with Crippen LogP contribution in [0.5, 0.6) is 0 Å². The van der Waals surface area contributed by atoms with Crippen molar-refractivity contribution in [3.05, 3.63) is 43.8 Å². The fourth-order valence-corrected chi connectivity index (χ4v) is 4.34. The highest BCUT2D eigenvalue weighted by Gasteiger charge is 2.14. The number of nitrogens with zero attached hydrogens (tertiary/aromatic N) is 4. The lowest BCUT2D eigenvalue weighted by Crippen LogP contribution is -2.32. The summed E-state index contributed by atoms with van der Waals surface area (Å²) >= 11 is 1.54. The number of benzene rings is 1. The maximum atomic E-state index is 12.2. The summed E-state index contributed by atoms with van der Waals surface area (Å²) in [6.07, 6.45) is 6.09. The SMILES string of the molecule is Cn1nc(-c2ccc3c(=O)n(C)c(=O)[nH]c3c2)sc1=NC1CCCCC1. The molecule has 0 bridgehead atoms. The molecule has 0 aliphatic heterocycles. The molecule has 0 radical (unpaired) electrons. The molecule has 1 aliphatic carbocycles. The minimum atomic E-state index is -0.419. The van der Waals surface area contributed by atoms with E-state index < -0.39 is 5.69 Å². The Morgan fingerprint density at radius 3 is 2.73 bits per heavy atom. The third-order valence-electron chi connectivity index (χ3n) is 4.92. The van der Waals surface area contributed by atoms with Gasteiger partial charge < -0.3 is 4.98 Å². The Morgan fingerprint density at radius 1 is 1.19 bits per heavy atom. The van der Waals surface area contributed by atoms with Crippen molar-refractivity contribution in [1.82, 2.24) is 19.3 Å². The zero-order valence-electron chi connectivity index (χ0n) is 14.9. The Morgan fingerprint density at radius 2 is 1.96 bits per heavy atom. The highest BCUT2D eigenvalue weighted by molar-refractivity contribution is 7.12. The molecule has 0 saturated heterocycles. The second-order valence-electron chi connectivity index (χ2n) is 6.79. The maximum absolute atomic E-state index is 12.2. The minimum absolute atomic E-state index is 0.298. The minimum Gasteiger partial charge on any atom is -0.307 e. The standard InChI is InChI=1S/C18H21N5O2S/c1-22-16(24)13-9-8-11(10-14(13)20-17(22)25)15-21-23(2)18(26-15)19-12-6-4-3-5-7-12/h8-10,12H,3-7H2,1-2H3,(H,20,25). The molecule has 3 aromatic rings. The molecule has 7 nitrogen and oxygen atoms in total. The second kappa shape index (κ2) is 6.68. The van der Waals surface area contributed by atoms with E-state index in [2.05, 4.69) is 10.1 Å². The molecular formula is C18H21N5O2S. The molecule has 4 rings (SSSR count). The topological polar surface area (TPSA) is 85.0 Å². The van der Waals surface area contributed by atoms with Crippen LogP contribution in [0.3, 0.4) is 0 Å². The van der Waals surface area contributed by atoms with Crippen LogP contribution in [-0.2, 0) is 14.1 Å². The maximum Gasteiger partial charge on any atom is 0.328 e. The van der Waals surface area contributed by atoms with Crippen LogP contribution >= 0.6 is 11.3 Å². The predicted molar refractivity (Wildman–Crippen MR) is 102 cm³/mol. The van der Waals surface area contributed by atoms with Crippen molar-refractivity contribution in [3.8, 4) is 10.6 Å². The van der Waals surface area contributed by atoms with Gasteiger partial charge in [0, 0.05) is 19.7 Å². The quantitative estimate of drug-likeness (QED) is 0.747. The van der Waals surface area contributed by atoms with Crippen molar-refractivity contribution in [2.45, 2.75) is 38.1 Å². The molecular weight excluding hydrogens is 350 g/mol. The first kappa shape index (κ1) is 17.0. The molecule has 0 spiro atoms. The lowest BCUT2D eigenvalue weighted by Gasteiger charge is -2.16. The van der Waals surface area contributed by atoms with E-state index in [1.807, 2.05) is 17.8 Å². The van der Waals surface area contributed by atoms with Gasteiger partial charge in [-0.05, 0) is 25.0 Å². The Bertz CT molecular complexity index is 1140. The van der Waals surface area contributed by atoms with Crippen LogP contribution in [0.4, 0.5) is 0 Å². The van der Waals surface area contributed by atoms with Crippen LogP contribution in [0.25, 0.3) is 21.5 Å². The zero-order chi connectivity index (χ0) is 18.3. The summed E-state index contributed by atoms with van der Waals surface area (Å²) in [5, 5.41) is 5.90. The second-order valence-corrected chi connectivity index (χ2v) is 7.74. The molecule has 1 saturated carbocycles. The van der Waals surface area contributed by atoms with Crippen molar-refractivity contribution in [1.29, 1.82) is 0 Å². The number of hydrogen-bond donors (Lipinski definition) is 1. The summed E-state index contributed by atoms with van der Waals surface area (Å²) in [6, 6.07) is 5.80. The molecule has 0 atom stereocenters. The molecule has 1 fully saturated rings. The lowest BCUT2D eigenvalue weighted by molar-refractivity contribution is 0.434. The van der Waals surface area contributed by atoms with Crippen LogP contribution in [0.2, 0.25) is 0 Å². The van der Waals surface area contributed by atoms with Gasteiger partial charge in [-0.15, -0.1) is 0 Å². The zero-order valence-corrected chi connectivity index (χ0v) is 15.7. The number of hydrogen-bond acceptors (Lipinski definition) is 5. The van der Waals surface area contributed by atoms with E-state index in [4.69, 9.17) is 4.99 Å². The van der Waals surface area contributed by atoms with Gasteiger partial charge in [0.25, 0.3) is 5.56 Å². The summed E-state index contributed by atoms with van der Waals surface area (Å²) in [6.45, 7) is 0. The van der Waals surface area contributed by atoms with Gasteiger partial charge in [-0.3, -0.25) is 14.4 Å². The first-order valence-electron chi connectivity index (χ1n) is 8.84. The van der Waals surface area contributed by atoms with Crippen molar-refractivity contribution >= 4 is 22.2 Å². The van der Waals surface area contributed by atoms with E-state index in [0.29, 0.717) is 16.9 Å². The molecule has 1 aliphatic rings. The fraction of sp³-hybridized carbons (Fsp3) is 0.444. The monoisotopic (exact) mass is 371 g/mol. The van der Waals surface area contributed by atoms with Crippen molar-refractivity contribution in [3.63, 3.8) is 0 Å². The molecule has 8 heteroatoms. The highest BCUT2D eigenvalue weighted by atomic mass is 32.1. The summed E-state index contributed by atoms with van der Waals surface area (Å²) in [5.74, 6) is 0. The van der Waals surface area contributed by atoms with Crippen LogP contribution in [0.15, 0.2) is 32.8 Å². The number of aromatic nitrogens is 4. The predicted octanol–water partition coefficient (Wildman–Crippen LogP) is 1.92. The Labute approximate surface area is 153 Å². The van der Waals surface area contributed by atoms with Gasteiger partial charge in [0.1, 0.15) is 5.01 Å². The van der Waals surface area contributed by atoms with Gasteiger partial charge in [0.2, 0.25) is 4.80 Å². The number of nitrogens with one attached hydrogen (secondary N) is 1. The summed E-state index contributed by atoms with van der Waals surface area (Å²) in [5.41, 5.74) is 0.677. The third-order valence-corrected chi connectivity index (χ3v) is 5.98. The normalized spacial score (nSPS) is 16.5. The molecule has 2 heterocycles. The molecule has 0 amide bonds. The number of aromatic amines is 1. The summed E-state index contributed by atoms with van der Waals surface area (Å²) in [4.78, 5) is 32.6. The molecule has 136 valence electrons. The van der Waals surface area contributed by atoms with Crippen molar-refractivity contribution < 1.29 is 0 Å². The Kier molecular flexibility index (Phi) is 4.36. The van der Waals surface area contributed by atoms with Gasteiger partial charge in [-0.2, -0.15) is 5.10 Å². The number of aryl methyl sites for hydroxylation is 1. The van der Waals surface area contributed by atoms with Gasteiger partial charge in [-0.1, -0.05) is 36.7 Å².